The number of hydrogen-bond donors (Lipinski definition) is 0. The third kappa shape index (κ3) is 1.50. The van der Waals surface area contributed by atoms with Crippen molar-refractivity contribution in [1.82, 2.24) is 0 Å². The van der Waals surface area contributed by atoms with Gasteiger partial charge in [0, 0.05) is 11.1 Å². The quantitative estimate of drug-likeness (QED) is 0.646. The molecule has 2 nitrogen and oxygen atoms in total. The fraction of sp³-hybridized carbons (Fsp3) is 0.444. The van der Waals surface area contributed by atoms with E-state index < -0.39 is 0 Å². The van der Waals surface area contributed by atoms with Crippen LogP contribution < -0.4 is 5.43 Å². The first-order chi connectivity index (χ1) is 5.29. The standard InChI is InChI=1S/C9H12O2/c1-3-7-5-11-6-8(4-2)9(7)10/h5-6H,3-4H2,1-2H3. The van der Waals surface area contributed by atoms with Crippen LogP contribution in [-0.2, 0) is 12.8 Å². The van der Waals surface area contributed by atoms with Crippen molar-refractivity contribution < 1.29 is 4.42 Å². The van der Waals surface area contributed by atoms with E-state index in [1.165, 1.54) is 12.5 Å². The van der Waals surface area contributed by atoms with Gasteiger partial charge in [0.25, 0.3) is 0 Å². The fourth-order valence-corrected chi connectivity index (χ4v) is 0.999. The Balaban J connectivity index is 3.21. The Kier molecular flexibility index (Phi) is 2.47. The molecule has 0 aliphatic rings. The highest BCUT2D eigenvalue weighted by Crippen LogP contribution is 1.97. The first kappa shape index (κ1) is 8.05. The van der Waals surface area contributed by atoms with Gasteiger partial charge in [0.1, 0.15) is 0 Å². The average molecular weight is 152 g/mol. The fourth-order valence-electron chi connectivity index (χ4n) is 0.999. The molecule has 0 fully saturated rings. The van der Waals surface area contributed by atoms with Gasteiger partial charge in [-0.25, -0.2) is 0 Å². The average Bonchev–Trinajstić information content (AvgIpc) is 2.05. The Labute approximate surface area is 65.9 Å². The maximum atomic E-state index is 11.4. The zero-order chi connectivity index (χ0) is 8.27. The molecule has 0 saturated heterocycles. The summed E-state index contributed by atoms with van der Waals surface area (Å²) in [6, 6.07) is 0. The van der Waals surface area contributed by atoms with Crippen molar-refractivity contribution in [3.63, 3.8) is 0 Å². The number of rotatable bonds is 2. The first-order valence-corrected chi connectivity index (χ1v) is 3.87. The van der Waals surface area contributed by atoms with E-state index in [0.29, 0.717) is 0 Å². The van der Waals surface area contributed by atoms with E-state index in [1.54, 1.807) is 0 Å². The second-order valence-corrected chi connectivity index (χ2v) is 2.46. The second kappa shape index (κ2) is 3.37. The molecule has 1 heterocycles. The summed E-state index contributed by atoms with van der Waals surface area (Å²) in [5, 5.41) is 0. The van der Waals surface area contributed by atoms with E-state index in [0.717, 1.165) is 24.0 Å². The Hall–Kier alpha value is -1.05. The molecule has 1 rings (SSSR count). The van der Waals surface area contributed by atoms with Crippen LogP contribution in [0.1, 0.15) is 25.0 Å². The van der Waals surface area contributed by atoms with Crippen molar-refractivity contribution in [2.75, 3.05) is 0 Å². The molecule has 0 radical (unpaired) electrons. The molecule has 0 atom stereocenters. The Morgan fingerprint density at radius 2 is 1.64 bits per heavy atom. The van der Waals surface area contributed by atoms with Crippen LogP contribution in [0, 0.1) is 0 Å². The molecular formula is C9H12O2. The summed E-state index contributed by atoms with van der Waals surface area (Å²) in [5.74, 6) is 0. The van der Waals surface area contributed by atoms with Gasteiger partial charge >= 0.3 is 0 Å². The SMILES string of the molecule is CCc1cocc(CC)c1=O. The summed E-state index contributed by atoms with van der Waals surface area (Å²) in [6.45, 7) is 3.90. The summed E-state index contributed by atoms with van der Waals surface area (Å²) in [7, 11) is 0. The summed E-state index contributed by atoms with van der Waals surface area (Å²) < 4.78 is 5.00. The number of hydrogen-bond acceptors (Lipinski definition) is 2. The lowest BCUT2D eigenvalue weighted by Crippen LogP contribution is -2.11. The molecule has 0 N–H and O–H groups in total. The van der Waals surface area contributed by atoms with Gasteiger partial charge in [0.2, 0.25) is 0 Å². The largest absolute Gasteiger partial charge is 0.472 e. The molecule has 60 valence electrons. The summed E-state index contributed by atoms with van der Waals surface area (Å²) in [5.41, 5.74) is 1.68. The van der Waals surface area contributed by atoms with Crippen molar-refractivity contribution in [2.45, 2.75) is 26.7 Å². The molecule has 0 bridgehead atoms. The van der Waals surface area contributed by atoms with Gasteiger partial charge in [-0.05, 0) is 12.8 Å². The van der Waals surface area contributed by atoms with Gasteiger partial charge in [-0.1, -0.05) is 13.8 Å². The van der Waals surface area contributed by atoms with Crippen LogP contribution in [0.5, 0.6) is 0 Å². The molecule has 0 aromatic carbocycles. The van der Waals surface area contributed by atoms with Crippen LogP contribution in [0.25, 0.3) is 0 Å². The van der Waals surface area contributed by atoms with Crippen LogP contribution in [0.3, 0.4) is 0 Å². The van der Waals surface area contributed by atoms with Gasteiger partial charge in [0.05, 0.1) is 12.5 Å². The van der Waals surface area contributed by atoms with Crippen molar-refractivity contribution >= 4 is 0 Å². The Morgan fingerprint density at radius 3 is 2.00 bits per heavy atom. The molecule has 0 aliphatic heterocycles. The maximum Gasteiger partial charge on any atom is 0.191 e. The molecule has 0 spiro atoms. The van der Waals surface area contributed by atoms with Gasteiger partial charge < -0.3 is 4.42 Å². The molecule has 1 aromatic heterocycles. The normalized spacial score (nSPS) is 10.0. The van der Waals surface area contributed by atoms with Crippen LogP contribution in [-0.4, -0.2) is 0 Å². The molecule has 0 unspecified atom stereocenters. The molecule has 0 saturated carbocycles. The first-order valence-electron chi connectivity index (χ1n) is 3.87. The van der Waals surface area contributed by atoms with Crippen molar-refractivity contribution in [3.05, 3.63) is 33.9 Å². The minimum Gasteiger partial charge on any atom is -0.472 e. The molecule has 1 aromatic rings. The zero-order valence-electron chi connectivity index (χ0n) is 6.89. The summed E-state index contributed by atoms with van der Waals surface area (Å²) in [6.07, 6.45) is 4.55. The highest BCUT2D eigenvalue weighted by atomic mass is 16.3. The molecule has 2 heteroatoms. The minimum absolute atomic E-state index is 0.140. The Bertz CT molecular complexity index is 261. The predicted octanol–water partition coefficient (Wildman–Crippen LogP) is 1.76. The van der Waals surface area contributed by atoms with E-state index in [1.807, 2.05) is 13.8 Å². The van der Waals surface area contributed by atoms with Crippen molar-refractivity contribution in [3.8, 4) is 0 Å². The van der Waals surface area contributed by atoms with E-state index in [9.17, 15) is 4.79 Å². The monoisotopic (exact) mass is 152 g/mol. The predicted molar refractivity (Wildman–Crippen MR) is 43.7 cm³/mol. The van der Waals surface area contributed by atoms with Gasteiger partial charge in [-0.2, -0.15) is 0 Å². The Morgan fingerprint density at radius 1 is 1.18 bits per heavy atom. The lowest BCUT2D eigenvalue weighted by molar-refractivity contribution is 0.533. The lowest BCUT2D eigenvalue weighted by atomic mass is 10.1. The molecule has 0 amide bonds. The molecule has 0 aliphatic carbocycles. The highest BCUT2D eigenvalue weighted by molar-refractivity contribution is 5.16. The van der Waals surface area contributed by atoms with E-state index in [4.69, 9.17) is 4.42 Å². The van der Waals surface area contributed by atoms with Gasteiger partial charge in [-0.15, -0.1) is 0 Å². The van der Waals surface area contributed by atoms with E-state index >= 15 is 0 Å². The number of aryl methyl sites for hydroxylation is 2. The van der Waals surface area contributed by atoms with Crippen LogP contribution in [0.15, 0.2) is 21.7 Å². The van der Waals surface area contributed by atoms with Gasteiger partial charge in [0.15, 0.2) is 5.43 Å². The van der Waals surface area contributed by atoms with E-state index in [2.05, 4.69) is 0 Å². The lowest BCUT2D eigenvalue weighted by Gasteiger charge is -1.96. The third-order valence-electron chi connectivity index (χ3n) is 1.77. The second-order valence-electron chi connectivity index (χ2n) is 2.46. The minimum atomic E-state index is 0.140. The maximum absolute atomic E-state index is 11.4. The molecule has 11 heavy (non-hydrogen) atoms. The third-order valence-corrected chi connectivity index (χ3v) is 1.77. The van der Waals surface area contributed by atoms with Crippen molar-refractivity contribution in [1.29, 1.82) is 0 Å². The summed E-state index contributed by atoms with van der Waals surface area (Å²) >= 11 is 0. The van der Waals surface area contributed by atoms with E-state index in [-0.39, 0.29) is 5.43 Å². The highest BCUT2D eigenvalue weighted by Gasteiger charge is 2.01. The summed E-state index contributed by atoms with van der Waals surface area (Å²) in [4.78, 5) is 11.4. The smallest absolute Gasteiger partial charge is 0.191 e. The van der Waals surface area contributed by atoms with Crippen LogP contribution >= 0.6 is 0 Å². The zero-order valence-corrected chi connectivity index (χ0v) is 6.89. The van der Waals surface area contributed by atoms with Crippen molar-refractivity contribution in [2.24, 2.45) is 0 Å². The topological polar surface area (TPSA) is 30.2 Å². The van der Waals surface area contributed by atoms with Crippen LogP contribution in [0.2, 0.25) is 0 Å². The molecular weight excluding hydrogens is 140 g/mol. The van der Waals surface area contributed by atoms with Gasteiger partial charge in [-0.3, -0.25) is 4.79 Å². The van der Waals surface area contributed by atoms with Crippen LogP contribution in [0.4, 0.5) is 0 Å².